The summed E-state index contributed by atoms with van der Waals surface area (Å²) in [4.78, 5) is 0. The molecule has 0 amide bonds. The van der Waals surface area contributed by atoms with E-state index in [1.807, 2.05) is 0 Å². The second kappa shape index (κ2) is 12.7. The van der Waals surface area contributed by atoms with Crippen LogP contribution in [0.4, 0.5) is 35.1 Å². The first-order valence-corrected chi connectivity index (χ1v) is 12.1. The Morgan fingerprint density at radius 1 is 0.838 bits per heavy atom. The van der Waals surface area contributed by atoms with E-state index < -0.39 is 59.8 Å². The van der Waals surface area contributed by atoms with Crippen molar-refractivity contribution in [3.8, 4) is 17.2 Å². The third-order valence-corrected chi connectivity index (χ3v) is 6.39. The molecule has 2 aromatic rings. The summed E-state index contributed by atoms with van der Waals surface area (Å²) in [6.45, 7) is -3.10. The van der Waals surface area contributed by atoms with Gasteiger partial charge in [-0.25, -0.2) is 17.6 Å². The lowest BCUT2D eigenvalue weighted by atomic mass is 9.77. The van der Waals surface area contributed by atoms with Gasteiger partial charge in [-0.3, -0.25) is 0 Å². The maximum absolute atomic E-state index is 14.6. The average molecular weight is 540 g/mol. The minimum Gasteiger partial charge on any atom is -0.477 e. The minimum absolute atomic E-state index is 0.0490. The molecule has 206 valence electrons. The van der Waals surface area contributed by atoms with E-state index in [4.69, 9.17) is 0 Å². The van der Waals surface area contributed by atoms with Crippen LogP contribution in [0, 0.1) is 29.2 Å². The molecule has 0 N–H and O–H groups in total. The number of halogens is 8. The molecule has 0 radical (unpaired) electrons. The first kappa shape index (κ1) is 28.8. The first-order chi connectivity index (χ1) is 17.5. The normalized spacial score (nSPS) is 18.2. The molecular weight excluding hydrogens is 512 g/mol. The van der Waals surface area contributed by atoms with Gasteiger partial charge in [0.1, 0.15) is 5.75 Å². The molecule has 37 heavy (non-hydrogen) atoms. The van der Waals surface area contributed by atoms with Crippen LogP contribution in [0.25, 0.3) is 0 Å². The van der Waals surface area contributed by atoms with Crippen molar-refractivity contribution in [2.45, 2.75) is 76.9 Å². The van der Waals surface area contributed by atoms with Crippen LogP contribution in [0.3, 0.4) is 0 Å². The Kier molecular flexibility index (Phi) is 9.89. The molecule has 3 rings (SSSR count). The van der Waals surface area contributed by atoms with Crippen LogP contribution < -0.4 is 14.2 Å². The zero-order valence-corrected chi connectivity index (χ0v) is 20.2. The van der Waals surface area contributed by atoms with Gasteiger partial charge in [0.2, 0.25) is 0 Å². The zero-order chi connectivity index (χ0) is 27.2. The third-order valence-electron chi connectivity index (χ3n) is 6.39. The fourth-order valence-electron chi connectivity index (χ4n) is 4.58. The number of hydrogen-bond acceptors (Lipinski definition) is 3. The number of unbranched alkanes of at least 4 members (excludes halogenated alkanes) is 2. The van der Waals surface area contributed by atoms with E-state index >= 15 is 0 Å². The van der Waals surface area contributed by atoms with Crippen molar-refractivity contribution in [1.82, 2.24) is 0 Å². The summed E-state index contributed by atoms with van der Waals surface area (Å²) in [6.07, 6.45) is 3.80. The number of hydrogen-bond donors (Lipinski definition) is 0. The molecular formula is C26H28F8O3. The molecule has 0 unspecified atom stereocenters. The second-order valence-electron chi connectivity index (χ2n) is 9.15. The highest BCUT2D eigenvalue weighted by atomic mass is 19.3. The molecule has 1 fully saturated rings. The van der Waals surface area contributed by atoms with Crippen molar-refractivity contribution in [1.29, 1.82) is 0 Å². The lowest BCUT2D eigenvalue weighted by Crippen LogP contribution is -2.33. The number of benzene rings is 2. The maximum Gasteiger partial charge on any atom is 0.433 e. The lowest BCUT2D eigenvalue weighted by Gasteiger charge is -2.29. The van der Waals surface area contributed by atoms with Gasteiger partial charge in [0.15, 0.2) is 41.4 Å². The first-order valence-electron chi connectivity index (χ1n) is 12.1. The molecule has 0 bridgehead atoms. The van der Waals surface area contributed by atoms with Crippen molar-refractivity contribution in [3.63, 3.8) is 0 Å². The Hall–Kier alpha value is -2.72. The second-order valence-corrected chi connectivity index (χ2v) is 9.15. The van der Waals surface area contributed by atoms with Gasteiger partial charge in [-0.2, -0.15) is 17.6 Å². The van der Waals surface area contributed by atoms with Gasteiger partial charge in [0, 0.05) is 12.1 Å². The molecule has 1 aliphatic rings. The molecule has 0 heterocycles. The van der Waals surface area contributed by atoms with Crippen molar-refractivity contribution in [2.24, 2.45) is 5.92 Å². The summed E-state index contributed by atoms with van der Waals surface area (Å²) < 4.78 is 122. The van der Waals surface area contributed by atoms with Crippen LogP contribution >= 0.6 is 0 Å². The predicted molar refractivity (Wildman–Crippen MR) is 119 cm³/mol. The number of alkyl halides is 4. The SMILES string of the molecule is CCCCCC1CCC(c2cc(F)c(OCC(F)(F)Oc3cc(F)c(OC(F)F)c(F)c3)c(F)c2)CC1. The quantitative estimate of drug-likeness (QED) is 0.199. The molecule has 0 spiro atoms. The van der Waals surface area contributed by atoms with Crippen LogP contribution in [-0.4, -0.2) is 19.3 Å². The summed E-state index contributed by atoms with van der Waals surface area (Å²) in [7, 11) is 0. The average Bonchev–Trinajstić information content (AvgIpc) is 2.81. The molecule has 0 atom stereocenters. The third kappa shape index (κ3) is 8.13. The fourth-order valence-corrected chi connectivity index (χ4v) is 4.58. The van der Waals surface area contributed by atoms with Gasteiger partial charge in [-0.15, -0.1) is 0 Å². The monoisotopic (exact) mass is 540 g/mol. The number of rotatable bonds is 12. The number of ether oxygens (including phenoxy) is 3. The molecule has 11 heteroatoms. The molecule has 1 saturated carbocycles. The Bertz CT molecular complexity index is 992. The Labute approximate surface area is 209 Å². The summed E-state index contributed by atoms with van der Waals surface area (Å²) in [6, 6.07) is 2.52. The van der Waals surface area contributed by atoms with Crippen LogP contribution in [0.2, 0.25) is 0 Å². The summed E-state index contributed by atoms with van der Waals surface area (Å²) in [5, 5.41) is 0. The van der Waals surface area contributed by atoms with E-state index in [0.29, 0.717) is 11.5 Å². The van der Waals surface area contributed by atoms with Gasteiger partial charge in [0.25, 0.3) is 0 Å². The van der Waals surface area contributed by atoms with Crippen molar-refractivity contribution in [3.05, 3.63) is 53.1 Å². The highest BCUT2D eigenvalue weighted by Gasteiger charge is 2.35. The summed E-state index contributed by atoms with van der Waals surface area (Å²) in [5.41, 5.74) is 0.425. The topological polar surface area (TPSA) is 27.7 Å². The highest BCUT2D eigenvalue weighted by molar-refractivity contribution is 5.35. The Morgan fingerprint density at radius 2 is 1.41 bits per heavy atom. The van der Waals surface area contributed by atoms with Crippen LogP contribution in [-0.2, 0) is 0 Å². The van der Waals surface area contributed by atoms with Crippen molar-refractivity contribution < 1.29 is 49.3 Å². The van der Waals surface area contributed by atoms with Gasteiger partial charge >= 0.3 is 12.7 Å². The molecule has 1 aliphatic carbocycles. The van der Waals surface area contributed by atoms with E-state index in [1.54, 1.807) is 0 Å². The predicted octanol–water partition coefficient (Wildman–Crippen LogP) is 8.75. The molecule has 0 aromatic heterocycles. The van der Waals surface area contributed by atoms with Gasteiger partial charge in [-0.1, -0.05) is 32.6 Å². The Balaban J connectivity index is 1.60. The molecule has 3 nitrogen and oxygen atoms in total. The van der Waals surface area contributed by atoms with E-state index in [2.05, 4.69) is 21.1 Å². The van der Waals surface area contributed by atoms with Crippen LogP contribution in [0.15, 0.2) is 24.3 Å². The lowest BCUT2D eigenvalue weighted by molar-refractivity contribution is -0.196. The minimum atomic E-state index is -4.28. The Morgan fingerprint density at radius 3 is 1.95 bits per heavy atom. The largest absolute Gasteiger partial charge is 0.477 e. The molecule has 2 aromatic carbocycles. The van der Waals surface area contributed by atoms with Crippen LogP contribution in [0.5, 0.6) is 17.2 Å². The van der Waals surface area contributed by atoms with Crippen molar-refractivity contribution in [2.75, 3.05) is 6.61 Å². The summed E-state index contributed by atoms with van der Waals surface area (Å²) >= 11 is 0. The highest BCUT2D eigenvalue weighted by Crippen LogP contribution is 2.40. The molecule has 0 saturated heterocycles. The van der Waals surface area contributed by atoms with E-state index in [-0.39, 0.29) is 18.1 Å². The van der Waals surface area contributed by atoms with E-state index in [1.165, 1.54) is 6.42 Å². The smallest absolute Gasteiger partial charge is 0.433 e. The fraction of sp³-hybridized carbons (Fsp3) is 0.538. The standard InChI is InChI=1S/C26H28F8O3/c1-2-3-4-5-15-6-8-16(9-7-15)17-10-19(27)23(20(28)11-17)35-14-26(33,34)37-18-12-21(29)24(22(30)13-18)36-25(31)32/h10-13,15-16,25H,2-9,14H2,1H3. The van der Waals surface area contributed by atoms with Crippen LogP contribution in [0.1, 0.15) is 69.8 Å². The van der Waals surface area contributed by atoms with Crippen molar-refractivity contribution >= 4 is 0 Å². The zero-order valence-electron chi connectivity index (χ0n) is 20.2. The summed E-state index contributed by atoms with van der Waals surface area (Å²) in [5.74, 6) is -8.81. The van der Waals surface area contributed by atoms with Gasteiger partial charge < -0.3 is 14.2 Å². The van der Waals surface area contributed by atoms with Gasteiger partial charge in [-0.05, 0) is 55.2 Å². The van der Waals surface area contributed by atoms with E-state index in [9.17, 15) is 35.1 Å². The molecule has 0 aliphatic heterocycles. The maximum atomic E-state index is 14.6. The van der Waals surface area contributed by atoms with Gasteiger partial charge in [0.05, 0.1) is 0 Å². The van der Waals surface area contributed by atoms with E-state index in [0.717, 1.165) is 57.1 Å².